The Bertz CT molecular complexity index is 1500. The highest BCUT2D eigenvalue weighted by Crippen LogP contribution is 2.16. The lowest BCUT2D eigenvalue weighted by Crippen LogP contribution is -2.32. The van der Waals surface area contributed by atoms with Crippen molar-refractivity contribution in [2.24, 2.45) is 0 Å². The number of aromatic nitrogens is 2. The maximum Gasteiger partial charge on any atom is 0.269 e. The van der Waals surface area contributed by atoms with Crippen molar-refractivity contribution in [1.82, 2.24) is 9.55 Å². The summed E-state index contributed by atoms with van der Waals surface area (Å²) in [6, 6.07) is 18.9. The van der Waals surface area contributed by atoms with E-state index in [-0.39, 0.29) is 28.2 Å². The molecule has 0 aliphatic carbocycles. The number of nitrogens with zero attached hydrogens (tertiary/aromatic N) is 4. The molecule has 0 aliphatic rings. The lowest BCUT2D eigenvalue weighted by atomic mass is 10.1. The highest BCUT2D eigenvalue weighted by molar-refractivity contribution is 7.07. The molecule has 30 heavy (non-hydrogen) atoms. The minimum Gasteiger partial charge on any atom is -0.293 e. The van der Waals surface area contributed by atoms with E-state index in [0.29, 0.717) is 10.1 Å². The number of thiazole rings is 1. The van der Waals surface area contributed by atoms with Crippen LogP contribution in [-0.4, -0.2) is 9.55 Å². The first kappa shape index (κ1) is 19.3. The minimum absolute atomic E-state index is 0.124. The molecule has 144 valence electrons. The van der Waals surface area contributed by atoms with Gasteiger partial charge in [0.15, 0.2) is 5.57 Å². The molecule has 2 aromatic carbocycles. The quantitative estimate of drug-likeness (QED) is 0.518. The van der Waals surface area contributed by atoms with Crippen molar-refractivity contribution in [3.63, 3.8) is 0 Å². The van der Waals surface area contributed by atoms with E-state index < -0.39 is 0 Å². The first-order valence-electron chi connectivity index (χ1n) is 8.95. The summed E-state index contributed by atoms with van der Waals surface area (Å²) in [5, 5.41) is 19.6. The van der Waals surface area contributed by atoms with Gasteiger partial charge in [-0.15, -0.1) is 11.3 Å². The lowest BCUT2D eigenvalue weighted by molar-refractivity contribution is 0.626. The zero-order chi connectivity index (χ0) is 21.1. The Hall–Kier alpha value is -4.07. The Morgan fingerprint density at radius 2 is 1.83 bits per heavy atom. The second kappa shape index (κ2) is 8.12. The molecule has 4 aromatic rings. The maximum absolute atomic E-state index is 13.2. The number of pyridine rings is 1. The van der Waals surface area contributed by atoms with Crippen molar-refractivity contribution in [1.29, 1.82) is 10.5 Å². The summed E-state index contributed by atoms with van der Waals surface area (Å²) in [4.78, 5) is 17.6. The highest BCUT2D eigenvalue weighted by Gasteiger charge is 2.11. The van der Waals surface area contributed by atoms with E-state index in [0.717, 1.165) is 27.8 Å². The highest BCUT2D eigenvalue weighted by atomic mass is 32.1. The number of benzene rings is 2. The Morgan fingerprint density at radius 1 is 1.10 bits per heavy atom. The summed E-state index contributed by atoms with van der Waals surface area (Å²) in [5.74, 6) is -0.379. The summed E-state index contributed by atoms with van der Waals surface area (Å²) in [6.45, 7) is 0.124. The number of hydrogen-bond donors (Lipinski definition) is 0. The number of para-hydroxylation sites is 1. The molecular formula is C23H13FN4OS. The molecule has 0 saturated heterocycles. The van der Waals surface area contributed by atoms with E-state index in [1.807, 2.05) is 42.5 Å². The van der Waals surface area contributed by atoms with E-state index in [1.54, 1.807) is 24.4 Å². The van der Waals surface area contributed by atoms with Crippen molar-refractivity contribution in [3.8, 4) is 12.1 Å². The zero-order valence-corrected chi connectivity index (χ0v) is 16.4. The monoisotopic (exact) mass is 412 g/mol. The molecule has 0 saturated carbocycles. The molecule has 2 aromatic heterocycles. The minimum atomic E-state index is -0.379. The fourth-order valence-corrected chi connectivity index (χ4v) is 4.17. The molecule has 0 radical (unpaired) electrons. The van der Waals surface area contributed by atoms with Crippen LogP contribution in [0.15, 0.2) is 65.6 Å². The zero-order valence-electron chi connectivity index (χ0n) is 15.5. The van der Waals surface area contributed by atoms with Gasteiger partial charge in [-0.25, -0.2) is 4.39 Å². The molecule has 0 spiro atoms. The number of halogens is 1. The van der Waals surface area contributed by atoms with Crippen LogP contribution in [0, 0.1) is 28.5 Å². The first-order valence-corrected chi connectivity index (χ1v) is 9.76. The molecular weight excluding hydrogens is 399 g/mol. The normalized spacial score (nSPS) is 11.2. The van der Waals surface area contributed by atoms with Gasteiger partial charge in [0.2, 0.25) is 0 Å². The fraction of sp³-hybridized carbons (Fsp3) is 0.0435. The number of nitriles is 2. The van der Waals surface area contributed by atoms with Crippen molar-refractivity contribution < 1.29 is 4.39 Å². The topological polar surface area (TPSA) is 82.5 Å². The van der Waals surface area contributed by atoms with Gasteiger partial charge in [0.05, 0.1) is 16.6 Å². The van der Waals surface area contributed by atoms with E-state index in [2.05, 4.69) is 4.98 Å². The van der Waals surface area contributed by atoms with Gasteiger partial charge in [0.25, 0.3) is 5.56 Å². The van der Waals surface area contributed by atoms with E-state index in [9.17, 15) is 19.7 Å². The number of hydrogen-bond acceptors (Lipinski definition) is 5. The SMILES string of the molecule is N#CC(C#N)=c1s/c(=C/c2cccc3cccnc23)c(=O)n1Cc1ccc(F)cc1. The third kappa shape index (κ3) is 3.62. The van der Waals surface area contributed by atoms with Crippen LogP contribution in [-0.2, 0) is 6.54 Å². The number of rotatable bonds is 3. The van der Waals surface area contributed by atoms with Crippen molar-refractivity contribution in [3.05, 3.63) is 97.3 Å². The molecule has 0 N–H and O–H groups in total. The molecule has 0 atom stereocenters. The fourth-order valence-electron chi connectivity index (χ4n) is 3.13. The van der Waals surface area contributed by atoms with Gasteiger partial charge in [0, 0.05) is 17.1 Å². The second-order valence-corrected chi connectivity index (χ2v) is 7.49. The third-order valence-electron chi connectivity index (χ3n) is 4.55. The second-order valence-electron chi connectivity index (χ2n) is 6.45. The number of fused-ring (bicyclic) bond motifs is 1. The van der Waals surface area contributed by atoms with Gasteiger partial charge in [-0.1, -0.05) is 36.4 Å². The molecule has 0 fully saturated rings. The molecule has 0 unspecified atom stereocenters. The molecule has 4 rings (SSSR count). The van der Waals surface area contributed by atoms with Gasteiger partial charge in [-0.05, 0) is 29.8 Å². The summed E-state index contributed by atoms with van der Waals surface area (Å²) < 4.78 is 15.3. The van der Waals surface area contributed by atoms with Crippen LogP contribution in [0.4, 0.5) is 4.39 Å². The molecule has 0 amide bonds. The molecule has 7 heteroatoms. The van der Waals surface area contributed by atoms with Gasteiger partial charge in [-0.2, -0.15) is 10.5 Å². The molecule has 2 heterocycles. The average molecular weight is 412 g/mol. The van der Waals surface area contributed by atoms with Crippen LogP contribution >= 0.6 is 11.3 Å². The predicted octanol–water partition coefficient (Wildman–Crippen LogP) is 2.67. The van der Waals surface area contributed by atoms with Gasteiger partial charge in [0.1, 0.15) is 22.6 Å². The van der Waals surface area contributed by atoms with Gasteiger partial charge in [-0.3, -0.25) is 14.3 Å². The van der Waals surface area contributed by atoms with Crippen molar-refractivity contribution in [2.75, 3.05) is 0 Å². The van der Waals surface area contributed by atoms with E-state index in [4.69, 9.17) is 0 Å². The predicted molar refractivity (Wildman–Crippen MR) is 113 cm³/mol. The smallest absolute Gasteiger partial charge is 0.269 e. The summed E-state index contributed by atoms with van der Waals surface area (Å²) in [6.07, 6.45) is 3.41. The van der Waals surface area contributed by atoms with Crippen LogP contribution < -0.4 is 14.8 Å². The van der Waals surface area contributed by atoms with E-state index in [1.165, 1.54) is 16.7 Å². The van der Waals surface area contributed by atoms with Gasteiger partial charge < -0.3 is 0 Å². The molecule has 5 nitrogen and oxygen atoms in total. The lowest BCUT2D eigenvalue weighted by Gasteiger charge is -2.02. The summed E-state index contributed by atoms with van der Waals surface area (Å²) in [7, 11) is 0. The standard InChI is InChI=1S/C23H13FN4OS/c24-19-8-6-15(7-9-19)14-28-22(29)20(30-23(28)18(12-25)13-26)11-17-4-1-3-16-5-2-10-27-21(16)17/h1-11H,14H2/b20-11+. The Labute approximate surface area is 174 Å². The summed E-state index contributed by atoms with van der Waals surface area (Å²) >= 11 is 1.08. The Balaban J connectivity index is 1.97. The largest absolute Gasteiger partial charge is 0.293 e. The van der Waals surface area contributed by atoms with Crippen LogP contribution in [0.5, 0.6) is 0 Å². The van der Waals surface area contributed by atoms with Crippen molar-refractivity contribution >= 4 is 33.9 Å². The first-order chi connectivity index (χ1) is 14.6. The Morgan fingerprint density at radius 3 is 2.57 bits per heavy atom. The van der Waals surface area contributed by atoms with Gasteiger partial charge >= 0.3 is 0 Å². The maximum atomic E-state index is 13.2. The summed E-state index contributed by atoms with van der Waals surface area (Å²) in [5.41, 5.74) is 1.74. The van der Waals surface area contributed by atoms with Crippen LogP contribution in [0.25, 0.3) is 22.6 Å². The van der Waals surface area contributed by atoms with Crippen LogP contribution in [0.3, 0.4) is 0 Å². The molecule has 0 bridgehead atoms. The van der Waals surface area contributed by atoms with Crippen LogP contribution in [0.2, 0.25) is 0 Å². The van der Waals surface area contributed by atoms with Crippen LogP contribution in [0.1, 0.15) is 11.1 Å². The molecule has 0 aliphatic heterocycles. The average Bonchev–Trinajstić information content (AvgIpc) is 3.06. The Kier molecular flexibility index (Phi) is 5.21. The van der Waals surface area contributed by atoms with E-state index >= 15 is 0 Å². The van der Waals surface area contributed by atoms with Crippen molar-refractivity contribution in [2.45, 2.75) is 6.54 Å². The third-order valence-corrected chi connectivity index (χ3v) is 5.68.